The van der Waals surface area contributed by atoms with Crippen LogP contribution in [0.5, 0.6) is 5.75 Å². The highest BCUT2D eigenvalue weighted by Crippen LogP contribution is 2.20. The number of halogens is 1. The highest BCUT2D eigenvalue weighted by Gasteiger charge is 1.98. The lowest BCUT2D eigenvalue weighted by Gasteiger charge is -2.06. The summed E-state index contributed by atoms with van der Waals surface area (Å²) in [6.45, 7) is 4.68. The van der Waals surface area contributed by atoms with Gasteiger partial charge in [-0.25, -0.2) is 0 Å². The van der Waals surface area contributed by atoms with E-state index in [0.29, 0.717) is 6.61 Å². The molecule has 0 saturated heterocycles. The lowest BCUT2D eigenvalue weighted by molar-refractivity contribution is 0.306. The van der Waals surface area contributed by atoms with Crippen LogP contribution < -0.4 is 4.74 Å². The van der Waals surface area contributed by atoms with Crippen LogP contribution in [0.2, 0.25) is 5.02 Å². The van der Waals surface area contributed by atoms with E-state index >= 15 is 0 Å². The predicted octanol–water partition coefficient (Wildman–Crippen LogP) is 6.29. The summed E-state index contributed by atoms with van der Waals surface area (Å²) in [5.74, 6) is 0.832. The van der Waals surface area contributed by atoms with Crippen molar-refractivity contribution in [3.8, 4) is 5.75 Å². The second-order valence-corrected chi connectivity index (χ2v) is 6.47. The Morgan fingerprint density at radius 1 is 0.920 bits per heavy atom. The second-order valence-electron chi connectivity index (χ2n) is 6.03. The summed E-state index contributed by atoms with van der Waals surface area (Å²) in [7, 11) is 0. The Kier molecular flexibility index (Phi) is 5.52. The molecule has 126 valence electrons. The van der Waals surface area contributed by atoms with Gasteiger partial charge in [0.1, 0.15) is 12.4 Å². The molecule has 0 bridgehead atoms. The van der Waals surface area contributed by atoms with Crippen molar-refractivity contribution in [2.24, 2.45) is 4.99 Å². The van der Waals surface area contributed by atoms with Gasteiger partial charge in [-0.1, -0.05) is 41.4 Å². The van der Waals surface area contributed by atoms with E-state index in [0.717, 1.165) is 27.6 Å². The second kappa shape index (κ2) is 8.00. The zero-order valence-corrected chi connectivity index (χ0v) is 15.1. The fourth-order valence-electron chi connectivity index (χ4n) is 2.49. The number of aliphatic imine (C=N–C) groups is 1. The summed E-state index contributed by atoms with van der Waals surface area (Å²) in [5.41, 5.74) is 5.55. The number of ether oxygens (including phenoxy) is 1. The molecule has 0 heterocycles. The molecule has 3 rings (SSSR count). The normalized spacial score (nSPS) is 11.0. The maximum absolute atomic E-state index is 5.88. The first kappa shape index (κ1) is 17.2. The van der Waals surface area contributed by atoms with Crippen molar-refractivity contribution in [1.29, 1.82) is 0 Å². The molecule has 0 fully saturated rings. The molecule has 0 aliphatic carbocycles. The quantitative estimate of drug-likeness (QED) is 0.496. The number of hydrogen-bond donors (Lipinski definition) is 0. The Bertz CT molecular complexity index is 868. The topological polar surface area (TPSA) is 21.6 Å². The van der Waals surface area contributed by atoms with E-state index in [1.807, 2.05) is 60.8 Å². The SMILES string of the molecule is Cc1ccc(N=Cc2ccc(OCc3ccc(Cl)cc3)cc2)c(C)c1. The van der Waals surface area contributed by atoms with Gasteiger partial charge < -0.3 is 4.74 Å². The number of hydrogen-bond acceptors (Lipinski definition) is 2. The van der Waals surface area contributed by atoms with E-state index in [9.17, 15) is 0 Å². The fourth-order valence-corrected chi connectivity index (χ4v) is 2.62. The molecule has 0 unspecified atom stereocenters. The minimum Gasteiger partial charge on any atom is -0.489 e. The third-order valence-corrected chi connectivity index (χ3v) is 4.16. The van der Waals surface area contributed by atoms with Crippen LogP contribution in [0.25, 0.3) is 0 Å². The molecule has 25 heavy (non-hydrogen) atoms. The van der Waals surface area contributed by atoms with E-state index in [1.54, 1.807) is 0 Å². The van der Waals surface area contributed by atoms with Crippen LogP contribution in [0.4, 0.5) is 5.69 Å². The van der Waals surface area contributed by atoms with Crippen LogP contribution in [0.1, 0.15) is 22.3 Å². The maximum Gasteiger partial charge on any atom is 0.119 e. The van der Waals surface area contributed by atoms with Gasteiger partial charge in [-0.15, -0.1) is 0 Å². The Labute approximate surface area is 153 Å². The molecule has 3 heteroatoms. The minimum atomic E-state index is 0.521. The third kappa shape index (κ3) is 4.94. The van der Waals surface area contributed by atoms with Crippen LogP contribution in [-0.2, 0) is 6.61 Å². The molecule has 0 saturated carbocycles. The molecule has 0 radical (unpaired) electrons. The Balaban J connectivity index is 1.61. The van der Waals surface area contributed by atoms with Crippen molar-refractivity contribution in [1.82, 2.24) is 0 Å². The van der Waals surface area contributed by atoms with Gasteiger partial charge in [-0.3, -0.25) is 4.99 Å². The number of nitrogens with zero attached hydrogens (tertiary/aromatic N) is 1. The summed E-state index contributed by atoms with van der Waals surface area (Å²) >= 11 is 5.88. The molecular weight excluding hydrogens is 330 g/mol. The average Bonchev–Trinajstić information content (AvgIpc) is 2.61. The molecule has 0 atom stereocenters. The maximum atomic E-state index is 5.88. The van der Waals surface area contributed by atoms with Crippen LogP contribution >= 0.6 is 11.6 Å². The number of benzene rings is 3. The highest BCUT2D eigenvalue weighted by molar-refractivity contribution is 6.30. The zero-order chi connectivity index (χ0) is 17.6. The van der Waals surface area contributed by atoms with Crippen molar-refractivity contribution in [3.63, 3.8) is 0 Å². The standard InChI is InChI=1S/C22H20ClNO/c1-16-3-12-22(17(2)13-16)24-14-18-6-10-21(11-7-18)25-15-19-4-8-20(23)9-5-19/h3-14H,15H2,1-2H3. The van der Waals surface area contributed by atoms with E-state index in [-0.39, 0.29) is 0 Å². The Morgan fingerprint density at radius 3 is 2.32 bits per heavy atom. The summed E-state index contributed by atoms with van der Waals surface area (Å²) in [6, 6.07) is 21.9. The molecule has 0 N–H and O–H groups in total. The lowest BCUT2D eigenvalue weighted by Crippen LogP contribution is -1.95. The van der Waals surface area contributed by atoms with Gasteiger partial charge in [0.05, 0.1) is 5.69 Å². The number of aryl methyl sites for hydroxylation is 2. The van der Waals surface area contributed by atoms with Gasteiger partial charge in [0.15, 0.2) is 0 Å². The zero-order valence-electron chi connectivity index (χ0n) is 14.4. The largest absolute Gasteiger partial charge is 0.489 e. The molecule has 3 aromatic carbocycles. The van der Waals surface area contributed by atoms with Gasteiger partial charge in [0, 0.05) is 11.2 Å². The van der Waals surface area contributed by atoms with Crippen molar-refractivity contribution in [2.75, 3.05) is 0 Å². The van der Waals surface area contributed by atoms with Crippen molar-refractivity contribution in [3.05, 3.63) is 94.0 Å². The van der Waals surface area contributed by atoms with Crippen molar-refractivity contribution >= 4 is 23.5 Å². The summed E-state index contributed by atoms with van der Waals surface area (Å²) in [6.07, 6.45) is 1.88. The number of rotatable bonds is 5. The van der Waals surface area contributed by atoms with Crippen LogP contribution in [0.3, 0.4) is 0 Å². The lowest BCUT2D eigenvalue weighted by atomic mass is 10.1. The average molecular weight is 350 g/mol. The molecule has 0 aromatic heterocycles. The van der Waals surface area contributed by atoms with Gasteiger partial charge in [0.25, 0.3) is 0 Å². The Morgan fingerprint density at radius 2 is 1.64 bits per heavy atom. The molecule has 0 aliphatic rings. The first-order valence-electron chi connectivity index (χ1n) is 8.19. The molecule has 0 amide bonds. The van der Waals surface area contributed by atoms with Crippen LogP contribution in [-0.4, -0.2) is 6.21 Å². The van der Waals surface area contributed by atoms with E-state index < -0.39 is 0 Å². The summed E-state index contributed by atoms with van der Waals surface area (Å²) in [4.78, 5) is 4.57. The van der Waals surface area contributed by atoms with Crippen molar-refractivity contribution < 1.29 is 4.74 Å². The molecule has 0 aliphatic heterocycles. The predicted molar refractivity (Wildman–Crippen MR) is 105 cm³/mol. The van der Waals surface area contributed by atoms with Gasteiger partial charge in [0.2, 0.25) is 0 Å². The summed E-state index contributed by atoms with van der Waals surface area (Å²) < 4.78 is 5.79. The highest BCUT2D eigenvalue weighted by atomic mass is 35.5. The fraction of sp³-hybridized carbons (Fsp3) is 0.136. The molecule has 2 nitrogen and oxygen atoms in total. The van der Waals surface area contributed by atoms with E-state index in [4.69, 9.17) is 16.3 Å². The third-order valence-electron chi connectivity index (χ3n) is 3.90. The van der Waals surface area contributed by atoms with Gasteiger partial charge >= 0.3 is 0 Å². The van der Waals surface area contributed by atoms with Crippen LogP contribution in [0.15, 0.2) is 71.7 Å². The smallest absolute Gasteiger partial charge is 0.119 e. The first-order chi connectivity index (χ1) is 12.1. The van der Waals surface area contributed by atoms with E-state index in [2.05, 4.69) is 31.0 Å². The molecular formula is C22H20ClNO. The van der Waals surface area contributed by atoms with Crippen molar-refractivity contribution in [2.45, 2.75) is 20.5 Å². The van der Waals surface area contributed by atoms with Crippen LogP contribution in [0, 0.1) is 13.8 Å². The van der Waals surface area contributed by atoms with Gasteiger partial charge in [-0.05, 0) is 73.0 Å². The van der Waals surface area contributed by atoms with E-state index in [1.165, 1.54) is 11.1 Å². The molecule has 3 aromatic rings. The minimum absolute atomic E-state index is 0.521. The summed E-state index contributed by atoms with van der Waals surface area (Å²) in [5, 5.41) is 0.733. The van der Waals surface area contributed by atoms with Gasteiger partial charge in [-0.2, -0.15) is 0 Å². The molecule has 0 spiro atoms. The monoisotopic (exact) mass is 349 g/mol. The first-order valence-corrected chi connectivity index (χ1v) is 8.56. The Hall–Kier alpha value is -2.58.